The van der Waals surface area contributed by atoms with Gasteiger partial charge in [0.2, 0.25) is 5.91 Å². The van der Waals surface area contributed by atoms with E-state index in [0.717, 1.165) is 28.5 Å². The van der Waals surface area contributed by atoms with E-state index in [1.54, 1.807) is 25.4 Å². The molecule has 0 bridgehead atoms. The number of rotatable bonds is 8. The summed E-state index contributed by atoms with van der Waals surface area (Å²) < 4.78 is 12.7. The van der Waals surface area contributed by atoms with Crippen molar-refractivity contribution >= 4 is 46.2 Å². The number of anilines is 2. The van der Waals surface area contributed by atoms with Crippen molar-refractivity contribution in [2.75, 3.05) is 31.0 Å². The second-order valence-electron chi connectivity index (χ2n) is 8.62. The number of nitrogens with zero attached hydrogens (tertiary/aromatic N) is 3. The maximum Gasteiger partial charge on any atom is 0.250 e. The van der Waals surface area contributed by atoms with Gasteiger partial charge in [0.05, 0.1) is 35.2 Å². The average Bonchev–Trinajstić information content (AvgIpc) is 3.54. The molecular weight excluding hydrogens is 522 g/mol. The van der Waals surface area contributed by atoms with E-state index in [1.807, 2.05) is 65.7 Å². The molecule has 0 radical (unpaired) electrons. The second-order valence-corrected chi connectivity index (χ2v) is 9.41. The van der Waals surface area contributed by atoms with E-state index in [-0.39, 0.29) is 24.6 Å². The SMILES string of the molecule is COCC(=O)Nc1ccc(N2C(=S)NC(c3ccccn3)C2c2cccn2-c2ccccc2OC)cc1Cl. The third-order valence-corrected chi connectivity index (χ3v) is 6.93. The highest BCUT2D eigenvalue weighted by Gasteiger charge is 2.42. The van der Waals surface area contributed by atoms with Crippen LogP contribution < -0.4 is 20.3 Å². The molecule has 5 rings (SSSR count). The zero-order valence-electron chi connectivity index (χ0n) is 20.8. The van der Waals surface area contributed by atoms with Gasteiger partial charge in [0, 0.05) is 30.9 Å². The van der Waals surface area contributed by atoms with Gasteiger partial charge in [-0.15, -0.1) is 0 Å². The summed E-state index contributed by atoms with van der Waals surface area (Å²) in [4.78, 5) is 18.7. The molecule has 194 valence electrons. The summed E-state index contributed by atoms with van der Waals surface area (Å²) in [5, 5.41) is 7.15. The smallest absolute Gasteiger partial charge is 0.250 e. The highest BCUT2D eigenvalue weighted by molar-refractivity contribution is 7.80. The average molecular weight is 548 g/mol. The molecule has 1 saturated heterocycles. The predicted octanol–water partition coefficient (Wildman–Crippen LogP) is 5.30. The van der Waals surface area contributed by atoms with Crippen molar-refractivity contribution in [3.63, 3.8) is 0 Å². The lowest BCUT2D eigenvalue weighted by Crippen LogP contribution is -2.30. The van der Waals surface area contributed by atoms with E-state index in [0.29, 0.717) is 15.8 Å². The molecule has 2 atom stereocenters. The molecule has 8 nitrogen and oxygen atoms in total. The van der Waals surface area contributed by atoms with Crippen molar-refractivity contribution in [1.29, 1.82) is 0 Å². The van der Waals surface area contributed by atoms with Crippen LogP contribution in [0.25, 0.3) is 5.69 Å². The first-order valence-electron chi connectivity index (χ1n) is 11.9. The predicted molar refractivity (Wildman–Crippen MR) is 152 cm³/mol. The van der Waals surface area contributed by atoms with Gasteiger partial charge in [-0.25, -0.2) is 0 Å². The first-order valence-corrected chi connectivity index (χ1v) is 12.7. The first kappa shape index (κ1) is 25.7. The topological polar surface area (TPSA) is 80.7 Å². The monoisotopic (exact) mass is 547 g/mol. The molecule has 38 heavy (non-hydrogen) atoms. The number of carbonyl (C=O) groups is 1. The number of carbonyl (C=O) groups excluding carboxylic acids is 1. The third kappa shape index (κ3) is 4.96. The minimum absolute atomic E-state index is 0.0635. The standard InChI is InChI=1S/C28H26ClN5O3S/c1-36-17-25(35)31-20-13-12-18(16-19(20)29)34-27(26(32-28(34)38)21-8-5-6-14-30-21)23-10-7-15-33(23)22-9-3-4-11-24(22)37-2/h3-16,26-27H,17H2,1-2H3,(H,31,35)(H,32,38). The zero-order valence-corrected chi connectivity index (χ0v) is 22.4. The maximum absolute atomic E-state index is 12.0. The van der Waals surface area contributed by atoms with E-state index < -0.39 is 0 Å². The lowest BCUT2D eigenvalue weighted by Gasteiger charge is -2.29. The summed E-state index contributed by atoms with van der Waals surface area (Å²) in [6, 6.07) is 22.7. The van der Waals surface area contributed by atoms with Gasteiger partial charge in [0.15, 0.2) is 5.11 Å². The molecule has 4 aromatic rings. The number of halogens is 1. The Morgan fingerprint density at radius 3 is 2.66 bits per heavy atom. The number of pyridine rings is 1. The molecule has 1 fully saturated rings. The van der Waals surface area contributed by atoms with Crippen molar-refractivity contribution in [3.05, 3.63) is 102 Å². The molecule has 2 N–H and O–H groups in total. The minimum Gasteiger partial charge on any atom is -0.495 e. The fourth-order valence-corrected chi connectivity index (χ4v) is 5.26. The lowest BCUT2D eigenvalue weighted by atomic mass is 10.0. The van der Waals surface area contributed by atoms with Crippen LogP contribution in [0.2, 0.25) is 5.02 Å². The molecule has 2 aromatic carbocycles. The number of ether oxygens (including phenoxy) is 2. The van der Waals surface area contributed by atoms with Crippen molar-refractivity contribution in [2.45, 2.75) is 12.1 Å². The molecule has 2 aromatic heterocycles. The van der Waals surface area contributed by atoms with Crippen LogP contribution in [0, 0.1) is 0 Å². The molecule has 1 aliphatic rings. The molecule has 3 heterocycles. The van der Waals surface area contributed by atoms with Crippen molar-refractivity contribution in [3.8, 4) is 11.4 Å². The van der Waals surface area contributed by atoms with Gasteiger partial charge in [-0.1, -0.05) is 29.8 Å². The fraction of sp³-hybridized carbons (Fsp3) is 0.179. The van der Waals surface area contributed by atoms with Crippen LogP contribution in [0.1, 0.15) is 23.5 Å². The van der Waals surface area contributed by atoms with Crippen LogP contribution in [0.15, 0.2) is 85.2 Å². The van der Waals surface area contributed by atoms with Crippen LogP contribution in [0.3, 0.4) is 0 Å². The normalized spacial score (nSPS) is 16.8. The number of para-hydroxylation sites is 2. The molecule has 1 amide bonds. The van der Waals surface area contributed by atoms with E-state index >= 15 is 0 Å². The van der Waals surface area contributed by atoms with Crippen LogP contribution >= 0.6 is 23.8 Å². The molecule has 10 heteroatoms. The Kier molecular flexibility index (Phi) is 7.59. The van der Waals surface area contributed by atoms with Gasteiger partial charge in [0.25, 0.3) is 0 Å². The molecule has 0 spiro atoms. The van der Waals surface area contributed by atoms with E-state index in [4.69, 9.17) is 33.3 Å². The number of hydrogen-bond donors (Lipinski definition) is 2. The van der Waals surface area contributed by atoms with Gasteiger partial charge in [0.1, 0.15) is 18.4 Å². The number of thiocarbonyl (C=S) groups is 1. The summed E-state index contributed by atoms with van der Waals surface area (Å²) in [5.74, 6) is 0.460. The van der Waals surface area contributed by atoms with Crippen molar-refractivity contribution in [2.24, 2.45) is 0 Å². The van der Waals surface area contributed by atoms with E-state index in [1.165, 1.54) is 7.11 Å². The molecule has 0 saturated carbocycles. The number of nitrogens with one attached hydrogen (secondary N) is 2. The number of amides is 1. The second kappa shape index (κ2) is 11.2. The van der Waals surface area contributed by atoms with Gasteiger partial charge in [-0.2, -0.15) is 0 Å². The number of methoxy groups -OCH3 is 2. The van der Waals surface area contributed by atoms with E-state index in [2.05, 4.69) is 26.3 Å². The van der Waals surface area contributed by atoms with Crippen LogP contribution in [0.4, 0.5) is 11.4 Å². The summed E-state index contributed by atoms with van der Waals surface area (Å²) in [5.41, 5.74) is 4.00. The van der Waals surface area contributed by atoms with Crippen molar-refractivity contribution < 1.29 is 14.3 Å². The van der Waals surface area contributed by atoms with Crippen LogP contribution in [-0.2, 0) is 9.53 Å². The Morgan fingerprint density at radius 1 is 1.11 bits per heavy atom. The number of hydrogen-bond acceptors (Lipinski definition) is 5. The maximum atomic E-state index is 12.0. The summed E-state index contributed by atoms with van der Waals surface area (Å²) in [6.45, 7) is -0.0635. The molecular formula is C28H26ClN5O3S. The largest absolute Gasteiger partial charge is 0.495 e. The van der Waals surface area contributed by atoms with Crippen molar-refractivity contribution in [1.82, 2.24) is 14.9 Å². The highest BCUT2D eigenvalue weighted by atomic mass is 35.5. The summed E-state index contributed by atoms with van der Waals surface area (Å²) >= 11 is 12.5. The van der Waals surface area contributed by atoms with Gasteiger partial charge in [-0.3, -0.25) is 9.78 Å². The number of aromatic nitrogens is 2. The highest BCUT2D eigenvalue weighted by Crippen LogP contribution is 2.44. The Hall–Kier alpha value is -3.92. The van der Waals surface area contributed by atoms with Crippen LogP contribution in [-0.4, -0.2) is 41.4 Å². The third-order valence-electron chi connectivity index (χ3n) is 6.31. The molecule has 0 aliphatic carbocycles. The quantitative estimate of drug-likeness (QED) is 0.290. The van der Waals surface area contributed by atoms with Gasteiger partial charge in [-0.05, 0) is 66.8 Å². The van der Waals surface area contributed by atoms with E-state index in [9.17, 15) is 4.79 Å². The Balaban J connectivity index is 1.60. The van der Waals surface area contributed by atoms with Crippen LogP contribution in [0.5, 0.6) is 5.75 Å². The molecule has 1 aliphatic heterocycles. The lowest BCUT2D eigenvalue weighted by molar-refractivity contribution is -0.119. The van der Waals surface area contributed by atoms with Gasteiger partial charge < -0.3 is 29.6 Å². The summed E-state index contributed by atoms with van der Waals surface area (Å²) in [7, 11) is 3.12. The number of benzene rings is 2. The first-order chi connectivity index (χ1) is 18.5. The molecule has 2 unspecified atom stereocenters. The zero-order chi connectivity index (χ0) is 26.6. The Morgan fingerprint density at radius 2 is 1.92 bits per heavy atom. The minimum atomic E-state index is -0.289. The summed E-state index contributed by atoms with van der Waals surface area (Å²) in [6.07, 6.45) is 3.77. The van der Waals surface area contributed by atoms with Gasteiger partial charge >= 0.3 is 0 Å². The fourth-order valence-electron chi connectivity index (χ4n) is 4.69. The Bertz CT molecular complexity index is 1460. The Labute approximate surface area is 231 Å².